The molecule has 0 aliphatic carbocycles. The second kappa shape index (κ2) is 10.8. The molecule has 0 saturated carbocycles. The highest BCUT2D eigenvalue weighted by Crippen LogP contribution is 2.13. The van der Waals surface area contributed by atoms with E-state index < -0.39 is 0 Å². The first kappa shape index (κ1) is 18.5. The number of rotatable bonds is 7. The Kier molecular flexibility index (Phi) is 8.71. The van der Waals surface area contributed by atoms with Crippen LogP contribution in [0.4, 0.5) is 0 Å². The smallest absolute Gasteiger partial charge is 0.193 e. The first-order chi connectivity index (χ1) is 11.3. The van der Waals surface area contributed by atoms with Gasteiger partial charge in [0.1, 0.15) is 0 Å². The maximum atomic E-state index is 5.71. The molecular formula is C17H34N4O2. The monoisotopic (exact) mass is 326 g/mol. The maximum Gasteiger partial charge on any atom is 0.193 e. The van der Waals surface area contributed by atoms with E-state index in [1.54, 1.807) is 0 Å². The van der Waals surface area contributed by atoms with Gasteiger partial charge >= 0.3 is 0 Å². The van der Waals surface area contributed by atoms with Crippen molar-refractivity contribution in [3.05, 3.63) is 0 Å². The van der Waals surface area contributed by atoms with Crippen LogP contribution in [-0.2, 0) is 9.47 Å². The minimum atomic E-state index is 0.433. The van der Waals surface area contributed by atoms with Crippen molar-refractivity contribution < 1.29 is 9.47 Å². The van der Waals surface area contributed by atoms with Gasteiger partial charge < -0.3 is 19.7 Å². The number of hydrogen-bond donors (Lipinski definition) is 1. The molecule has 2 saturated heterocycles. The Hall–Kier alpha value is -0.850. The third kappa shape index (κ3) is 6.65. The van der Waals surface area contributed by atoms with Gasteiger partial charge in [-0.25, -0.2) is 0 Å². The number of piperidine rings is 1. The van der Waals surface area contributed by atoms with Crippen LogP contribution in [0, 0.1) is 0 Å². The van der Waals surface area contributed by atoms with E-state index in [4.69, 9.17) is 9.47 Å². The number of likely N-dealkylation sites (tertiary alicyclic amines) is 1. The largest absolute Gasteiger partial charge is 0.379 e. The van der Waals surface area contributed by atoms with Crippen LogP contribution in [0.15, 0.2) is 4.99 Å². The van der Waals surface area contributed by atoms with Gasteiger partial charge in [0.05, 0.1) is 19.3 Å². The van der Waals surface area contributed by atoms with Gasteiger partial charge in [0.15, 0.2) is 5.96 Å². The van der Waals surface area contributed by atoms with Crippen LogP contribution in [0.5, 0.6) is 0 Å². The molecule has 0 atom stereocenters. The number of hydrogen-bond acceptors (Lipinski definition) is 4. The molecule has 134 valence electrons. The lowest BCUT2D eigenvalue weighted by atomic mass is 10.1. The lowest BCUT2D eigenvalue weighted by molar-refractivity contribution is 0.0263. The van der Waals surface area contributed by atoms with Crippen LogP contribution < -0.4 is 5.32 Å². The van der Waals surface area contributed by atoms with Gasteiger partial charge in [0.25, 0.3) is 0 Å². The van der Waals surface area contributed by atoms with E-state index in [9.17, 15) is 0 Å². The Labute approximate surface area is 141 Å². The first-order valence-electron chi connectivity index (χ1n) is 9.20. The third-order valence-corrected chi connectivity index (χ3v) is 4.64. The minimum Gasteiger partial charge on any atom is -0.379 e. The second-order valence-electron chi connectivity index (χ2n) is 6.28. The summed E-state index contributed by atoms with van der Waals surface area (Å²) in [7, 11) is 1.88. The Morgan fingerprint density at radius 3 is 2.57 bits per heavy atom. The standard InChI is InChI=1S/C17H34N4O2/c1-3-23-16-6-10-21(11-7-16)17(18-2)19-8-4-5-9-20-12-14-22-15-13-20/h16H,3-15H2,1-2H3,(H,18,19). The Balaban J connectivity index is 1.56. The predicted octanol–water partition coefficient (Wildman–Crippen LogP) is 1.18. The highest BCUT2D eigenvalue weighted by molar-refractivity contribution is 5.79. The molecule has 2 rings (SSSR count). The molecule has 0 bridgehead atoms. The highest BCUT2D eigenvalue weighted by atomic mass is 16.5. The molecule has 23 heavy (non-hydrogen) atoms. The molecule has 2 fully saturated rings. The van der Waals surface area contributed by atoms with Gasteiger partial charge in [0, 0.05) is 46.4 Å². The number of ether oxygens (including phenoxy) is 2. The molecule has 0 spiro atoms. The SMILES string of the molecule is CCOC1CCN(C(=NC)NCCCCN2CCOCC2)CC1. The van der Waals surface area contributed by atoms with E-state index in [0.29, 0.717) is 6.10 Å². The molecular weight excluding hydrogens is 292 g/mol. The van der Waals surface area contributed by atoms with Gasteiger partial charge in [-0.3, -0.25) is 9.89 Å². The Morgan fingerprint density at radius 2 is 1.91 bits per heavy atom. The van der Waals surface area contributed by atoms with Gasteiger partial charge in [-0.1, -0.05) is 0 Å². The molecule has 1 N–H and O–H groups in total. The Bertz CT molecular complexity index is 337. The zero-order chi connectivity index (χ0) is 16.3. The summed E-state index contributed by atoms with van der Waals surface area (Å²) in [5.41, 5.74) is 0. The van der Waals surface area contributed by atoms with Crippen LogP contribution in [0.3, 0.4) is 0 Å². The van der Waals surface area contributed by atoms with Crippen LogP contribution in [0.2, 0.25) is 0 Å². The molecule has 0 amide bonds. The van der Waals surface area contributed by atoms with E-state index >= 15 is 0 Å². The van der Waals surface area contributed by atoms with Gasteiger partial charge in [0.2, 0.25) is 0 Å². The van der Waals surface area contributed by atoms with Gasteiger partial charge in [-0.05, 0) is 39.2 Å². The minimum absolute atomic E-state index is 0.433. The van der Waals surface area contributed by atoms with E-state index in [2.05, 4.69) is 27.0 Å². The summed E-state index contributed by atoms with van der Waals surface area (Å²) in [6.45, 7) is 11.1. The third-order valence-electron chi connectivity index (χ3n) is 4.64. The maximum absolute atomic E-state index is 5.71. The van der Waals surface area contributed by atoms with Crippen LogP contribution in [0.1, 0.15) is 32.6 Å². The lowest BCUT2D eigenvalue weighted by Gasteiger charge is -2.34. The van der Waals surface area contributed by atoms with E-state index in [-0.39, 0.29) is 0 Å². The predicted molar refractivity (Wildman–Crippen MR) is 94.1 cm³/mol. The summed E-state index contributed by atoms with van der Waals surface area (Å²) in [6.07, 6.45) is 5.06. The van der Waals surface area contributed by atoms with Crippen molar-refractivity contribution in [1.82, 2.24) is 15.1 Å². The molecule has 6 heteroatoms. The molecule has 0 aromatic heterocycles. The van der Waals surface area contributed by atoms with Gasteiger partial charge in [-0.15, -0.1) is 0 Å². The summed E-state index contributed by atoms with van der Waals surface area (Å²) in [5.74, 6) is 1.05. The van der Waals surface area contributed by atoms with Crippen molar-refractivity contribution in [3.63, 3.8) is 0 Å². The summed E-state index contributed by atoms with van der Waals surface area (Å²) in [5, 5.41) is 3.52. The molecule has 2 heterocycles. The van der Waals surface area contributed by atoms with Crippen molar-refractivity contribution in [1.29, 1.82) is 0 Å². The fraction of sp³-hybridized carbons (Fsp3) is 0.941. The van der Waals surface area contributed by atoms with E-state index in [1.807, 2.05) is 7.05 Å². The summed E-state index contributed by atoms with van der Waals surface area (Å²) >= 11 is 0. The summed E-state index contributed by atoms with van der Waals surface area (Å²) < 4.78 is 11.1. The van der Waals surface area contributed by atoms with Crippen molar-refractivity contribution >= 4 is 5.96 Å². The van der Waals surface area contributed by atoms with Crippen molar-refractivity contribution in [2.45, 2.75) is 38.7 Å². The van der Waals surface area contributed by atoms with E-state index in [1.165, 1.54) is 19.4 Å². The topological polar surface area (TPSA) is 49.3 Å². The molecule has 0 unspecified atom stereocenters. The number of nitrogens with one attached hydrogen (secondary N) is 1. The average molecular weight is 326 g/mol. The molecule has 2 aliphatic heterocycles. The summed E-state index contributed by atoms with van der Waals surface area (Å²) in [6, 6.07) is 0. The number of nitrogens with zero attached hydrogens (tertiary/aromatic N) is 3. The zero-order valence-electron chi connectivity index (χ0n) is 14.9. The van der Waals surface area contributed by atoms with Crippen LogP contribution in [0.25, 0.3) is 0 Å². The van der Waals surface area contributed by atoms with Crippen molar-refractivity contribution in [2.24, 2.45) is 4.99 Å². The van der Waals surface area contributed by atoms with Crippen molar-refractivity contribution in [3.8, 4) is 0 Å². The second-order valence-corrected chi connectivity index (χ2v) is 6.28. The number of morpholine rings is 1. The molecule has 2 aliphatic rings. The molecule has 0 aromatic rings. The first-order valence-corrected chi connectivity index (χ1v) is 9.20. The number of aliphatic imine (C=N–C) groups is 1. The normalized spacial score (nSPS) is 21.7. The van der Waals surface area contributed by atoms with Crippen LogP contribution in [-0.4, -0.2) is 88.0 Å². The molecule has 0 aromatic carbocycles. The Morgan fingerprint density at radius 1 is 1.17 bits per heavy atom. The molecule has 0 radical (unpaired) electrons. The quantitative estimate of drug-likeness (QED) is 0.432. The highest BCUT2D eigenvalue weighted by Gasteiger charge is 2.21. The average Bonchev–Trinajstić information content (AvgIpc) is 2.60. The number of unbranched alkanes of at least 4 members (excludes halogenated alkanes) is 1. The lowest BCUT2D eigenvalue weighted by Crippen LogP contribution is -2.47. The van der Waals surface area contributed by atoms with Gasteiger partial charge in [-0.2, -0.15) is 0 Å². The molecule has 6 nitrogen and oxygen atoms in total. The fourth-order valence-corrected chi connectivity index (χ4v) is 3.29. The van der Waals surface area contributed by atoms with Crippen molar-refractivity contribution in [2.75, 3.05) is 66.1 Å². The fourth-order valence-electron chi connectivity index (χ4n) is 3.29. The van der Waals surface area contributed by atoms with Crippen LogP contribution >= 0.6 is 0 Å². The van der Waals surface area contributed by atoms with E-state index in [0.717, 1.165) is 71.3 Å². The number of guanidine groups is 1. The summed E-state index contributed by atoms with van der Waals surface area (Å²) in [4.78, 5) is 9.29. The zero-order valence-corrected chi connectivity index (χ0v) is 14.9.